The molecular weight excluding hydrogens is 455 g/mol. The van der Waals surface area contributed by atoms with Crippen LogP contribution >= 0.6 is 0 Å². The molecule has 2 aliphatic rings. The summed E-state index contributed by atoms with van der Waals surface area (Å²) in [5, 5.41) is 12.8. The summed E-state index contributed by atoms with van der Waals surface area (Å²) >= 11 is 0. The maximum Gasteiger partial charge on any atom is 0.274 e. The lowest BCUT2D eigenvalue weighted by Gasteiger charge is -2.48. The lowest BCUT2D eigenvalue weighted by molar-refractivity contribution is -0.0721. The summed E-state index contributed by atoms with van der Waals surface area (Å²) in [5.41, 5.74) is -2.38. The third-order valence-corrected chi connectivity index (χ3v) is 6.41. The van der Waals surface area contributed by atoms with Crippen LogP contribution in [-0.2, 0) is 11.3 Å². The fraction of sp³-hybridized carbons (Fsp3) is 0.435. The average molecular weight is 479 g/mol. The van der Waals surface area contributed by atoms with Crippen molar-refractivity contribution in [3.05, 3.63) is 62.8 Å². The van der Waals surface area contributed by atoms with Crippen molar-refractivity contribution >= 4 is 11.8 Å². The molecule has 0 unspecified atom stereocenters. The van der Waals surface area contributed by atoms with Crippen molar-refractivity contribution in [3.8, 4) is 5.75 Å². The highest BCUT2D eigenvalue weighted by atomic mass is 19.1. The van der Waals surface area contributed by atoms with Gasteiger partial charge in [0.2, 0.25) is 5.43 Å². The van der Waals surface area contributed by atoms with Crippen LogP contribution in [0.15, 0.2) is 23.1 Å². The molecule has 0 bridgehead atoms. The third kappa shape index (κ3) is 3.93. The van der Waals surface area contributed by atoms with E-state index in [2.05, 4.69) is 5.32 Å². The summed E-state index contributed by atoms with van der Waals surface area (Å²) in [6.07, 6.45) is 2.94. The Labute approximate surface area is 192 Å². The van der Waals surface area contributed by atoms with Gasteiger partial charge < -0.3 is 24.6 Å². The van der Waals surface area contributed by atoms with Crippen LogP contribution in [0.3, 0.4) is 0 Å². The molecule has 182 valence electrons. The number of hydrogen-bond acceptors (Lipinski definition) is 5. The predicted molar refractivity (Wildman–Crippen MR) is 114 cm³/mol. The first-order valence-electron chi connectivity index (χ1n) is 10.9. The number of amides is 2. The Morgan fingerprint density at radius 2 is 1.91 bits per heavy atom. The molecular formula is C23H24F3N3O5. The van der Waals surface area contributed by atoms with Crippen molar-refractivity contribution in [3.63, 3.8) is 0 Å². The fourth-order valence-electron chi connectivity index (χ4n) is 4.77. The zero-order chi connectivity index (χ0) is 24.7. The zero-order valence-corrected chi connectivity index (χ0v) is 18.6. The minimum atomic E-state index is -1.19. The number of likely N-dealkylation sites (N-methyl/N-ethyl adjacent to an activating group) is 1. The molecule has 11 heteroatoms. The van der Waals surface area contributed by atoms with Gasteiger partial charge in [-0.1, -0.05) is 13.3 Å². The summed E-state index contributed by atoms with van der Waals surface area (Å²) in [4.78, 5) is 40.0. The van der Waals surface area contributed by atoms with Gasteiger partial charge >= 0.3 is 0 Å². The van der Waals surface area contributed by atoms with E-state index < -0.39 is 58.1 Å². The number of ether oxygens (including phenoxy) is 1. The normalized spacial score (nSPS) is 21.7. The van der Waals surface area contributed by atoms with Crippen molar-refractivity contribution < 1.29 is 32.6 Å². The number of nitrogens with zero attached hydrogens (tertiary/aromatic N) is 2. The highest BCUT2D eigenvalue weighted by Gasteiger charge is 2.46. The number of aromatic hydroxyl groups is 1. The topological polar surface area (TPSA) is 101 Å². The maximum absolute atomic E-state index is 13.9. The average Bonchev–Trinajstić information content (AvgIpc) is 2.78. The number of aromatic nitrogens is 1. The van der Waals surface area contributed by atoms with Gasteiger partial charge in [0.25, 0.3) is 11.8 Å². The highest BCUT2D eigenvalue weighted by molar-refractivity contribution is 5.99. The van der Waals surface area contributed by atoms with Gasteiger partial charge in [-0.05, 0) is 12.8 Å². The summed E-state index contributed by atoms with van der Waals surface area (Å²) in [5.74, 6) is -5.94. The van der Waals surface area contributed by atoms with Crippen LogP contribution in [-0.4, -0.2) is 52.2 Å². The Kier molecular flexibility index (Phi) is 6.39. The van der Waals surface area contributed by atoms with Gasteiger partial charge in [0.1, 0.15) is 23.0 Å². The van der Waals surface area contributed by atoms with Gasteiger partial charge in [0, 0.05) is 44.1 Å². The van der Waals surface area contributed by atoms with Crippen LogP contribution in [0.25, 0.3) is 0 Å². The smallest absolute Gasteiger partial charge is 0.274 e. The van der Waals surface area contributed by atoms with Crippen molar-refractivity contribution in [2.24, 2.45) is 0 Å². The second-order valence-electron chi connectivity index (χ2n) is 8.47. The van der Waals surface area contributed by atoms with Crippen LogP contribution < -0.4 is 10.7 Å². The van der Waals surface area contributed by atoms with Crippen LogP contribution in [0.2, 0.25) is 0 Å². The van der Waals surface area contributed by atoms with E-state index in [-0.39, 0.29) is 23.9 Å². The third-order valence-electron chi connectivity index (χ3n) is 6.41. The lowest BCUT2D eigenvalue weighted by Crippen LogP contribution is -2.58. The molecule has 2 amide bonds. The van der Waals surface area contributed by atoms with Crippen molar-refractivity contribution in [1.29, 1.82) is 0 Å². The second-order valence-corrected chi connectivity index (χ2v) is 8.47. The summed E-state index contributed by atoms with van der Waals surface area (Å²) in [7, 11) is 1.58. The molecule has 0 spiro atoms. The van der Waals surface area contributed by atoms with E-state index in [0.29, 0.717) is 31.6 Å². The highest BCUT2D eigenvalue weighted by Crippen LogP contribution is 2.38. The Balaban J connectivity index is 1.70. The maximum atomic E-state index is 13.9. The molecule has 2 N–H and O–H groups in total. The van der Waals surface area contributed by atoms with Gasteiger partial charge in [-0.25, -0.2) is 13.2 Å². The number of fused-ring (bicyclic) bond motifs is 3. The molecule has 1 saturated heterocycles. The number of rotatable bonds is 5. The lowest BCUT2D eigenvalue weighted by atomic mass is 9.89. The summed E-state index contributed by atoms with van der Waals surface area (Å²) < 4.78 is 48.2. The number of carbonyl (C=O) groups excluding carboxylic acids is 2. The standard InChI is InChI=1S/C23H24F3N3O5/c1-3-4-17-18-16(5-6-34-17)29-10-13(20(30)21(31)19(29)23(33)28(18)2)22(32)27-9-12-14(25)7-11(24)8-15(12)26/h7-8,10,16-18,31H,3-6,9H2,1-2H3,(H,27,32)/t16-,17-,18-/m0/s1. The largest absolute Gasteiger partial charge is 0.503 e. The Morgan fingerprint density at radius 3 is 2.56 bits per heavy atom. The Morgan fingerprint density at radius 1 is 1.24 bits per heavy atom. The molecule has 0 radical (unpaired) electrons. The number of hydrogen-bond donors (Lipinski definition) is 2. The molecule has 3 heterocycles. The van der Waals surface area contributed by atoms with Crippen molar-refractivity contribution in [1.82, 2.24) is 14.8 Å². The van der Waals surface area contributed by atoms with E-state index in [1.165, 1.54) is 15.7 Å². The minimum Gasteiger partial charge on any atom is -0.503 e. The number of benzene rings is 1. The van der Waals surface area contributed by atoms with Gasteiger partial charge in [-0.2, -0.15) is 0 Å². The molecule has 8 nitrogen and oxygen atoms in total. The van der Waals surface area contributed by atoms with Gasteiger partial charge in [-0.3, -0.25) is 14.4 Å². The number of carbonyl (C=O) groups is 2. The number of nitrogens with one attached hydrogen (secondary N) is 1. The molecule has 2 aliphatic heterocycles. The van der Waals surface area contributed by atoms with Crippen LogP contribution in [0.1, 0.15) is 58.6 Å². The number of halogens is 3. The summed E-state index contributed by atoms with van der Waals surface area (Å²) in [6, 6.07) is 0.233. The Hall–Kier alpha value is -3.34. The van der Waals surface area contributed by atoms with E-state index in [4.69, 9.17) is 4.74 Å². The quantitative estimate of drug-likeness (QED) is 0.687. The van der Waals surface area contributed by atoms with E-state index in [1.807, 2.05) is 6.92 Å². The van der Waals surface area contributed by atoms with E-state index in [0.717, 1.165) is 6.42 Å². The van der Waals surface area contributed by atoms with Crippen molar-refractivity contribution in [2.75, 3.05) is 13.7 Å². The van der Waals surface area contributed by atoms with E-state index in [1.54, 1.807) is 7.05 Å². The monoisotopic (exact) mass is 479 g/mol. The molecule has 0 saturated carbocycles. The fourth-order valence-corrected chi connectivity index (χ4v) is 4.77. The van der Waals surface area contributed by atoms with Gasteiger partial charge in [0.15, 0.2) is 11.4 Å². The zero-order valence-electron chi connectivity index (χ0n) is 18.6. The van der Waals surface area contributed by atoms with Gasteiger partial charge in [-0.15, -0.1) is 0 Å². The van der Waals surface area contributed by atoms with Crippen LogP contribution in [0.4, 0.5) is 13.2 Å². The van der Waals surface area contributed by atoms with Crippen LogP contribution in [0.5, 0.6) is 5.75 Å². The molecule has 3 atom stereocenters. The first-order chi connectivity index (χ1) is 16.1. The second kappa shape index (κ2) is 9.13. The SMILES string of the molecule is CCC[C@@H]1OCC[C@H]2[C@@H]1N(C)C(=O)c1c(O)c(=O)c(C(=O)NCc3c(F)cc(F)cc3F)cn12. The van der Waals surface area contributed by atoms with Crippen LogP contribution in [0, 0.1) is 17.5 Å². The molecule has 34 heavy (non-hydrogen) atoms. The van der Waals surface area contributed by atoms with Gasteiger partial charge in [0.05, 0.1) is 18.2 Å². The molecule has 2 aromatic rings. The first-order valence-corrected chi connectivity index (χ1v) is 10.9. The molecule has 4 rings (SSSR count). The summed E-state index contributed by atoms with van der Waals surface area (Å²) in [6.45, 7) is 1.73. The number of pyridine rings is 1. The van der Waals surface area contributed by atoms with E-state index in [9.17, 15) is 32.7 Å². The minimum absolute atomic E-state index is 0.224. The Bertz CT molecular complexity index is 1190. The first kappa shape index (κ1) is 23.8. The van der Waals surface area contributed by atoms with E-state index >= 15 is 0 Å². The molecule has 1 fully saturated rings. The molecule has 1 aromatic heterocycles. The molecule has 0 aliphatic carbocycles. The van der Waals surface area contributed by atoms with Crippen molar-refractivity contribution in [2.45, 2.75) is 50.9 Å². The molecule has 1 aromatic carbocycles. The predicted octanol–water partition coefficient (Wildman–Crippen LogP) is 2.49.